The lowest BCUT2D eigenvalue weighted by Crippen LogP contribution is -2.43. The van der Waals surface area contributed by atoms with Gasteiger partial charge in [-0.05, 0) is 54.6 Å². The predicted octanol–water partition coefficient (Wildman–Crippen LogP) is 2.92. The average molecular weight is 325 g/mol. The smallest absolute Gasteiger partial charge is 0.321 e. The van der Waals surface area contributed by atoms with Crippen LogP contribution in [0.5, 0.6) is 5.75 Å². The summed E-state index contributed by atoms with van der Waals surface area (Å²) in [6.45, 7) is 0.661. The molecule has 0 spiro atoms. The van der Waals surface area contributed by atoms with E-state index in [9.17, 15) is 9.90 Å². The van der Waals surface area contributed by atoms with Crippen LogP contribution in [-0.4, -0.2) is 36.2 Å². The number of ether oxygens (including phenoxy) is 1. The van der Waals surface area contributed by atoms with Crippen molar-refractivity contribution in [1.29, 1.82) is 0 Å². The first-order valence-electron chi connectivity index (χ1n) is 8.24. The number of aryl methyl sites for hydroxylation is 1. The second kappa shape index (κ2) is 7.05. The number of hydrogen-bond acceptors (Lipinski definition) is 3. The molecule has 0 aliphatic carbocycles. The maximum absolute atomic E-state index is 11.5. The Balaban J connectivity index is 1.92. The van der Waals surface area contributed by atoms with Gasteiger partial charge >= 0.3 is 5.97 Å². The van der Waals surface area contributed by atoms with Gasteiger partial charge in [-0.1, -0.05) is 36.4 Å². The highest BCUT2D eigenvalue weighted by Gasteiger charge is 2.31. The molecule has 1 aliphatic rings. The molecule has 3 rings (SSSR count). The van der Waals surface area contributed by atoms with E-state index in [1.165, 1.54) is 11.1 Å². The summed E-state index contributed by atoms with van der Waals surface area (Å²) < 4.78 is 5.56. The van der Waals surface area contributed by atoms with Crippen LogP contribution in [0, 0.1) is 0 Å². The molecule has 0 bridgehead atoms. The summed E-state index contributed by atoms with van der Waals surface area (Å²) in [7, 11) is 3.55. The Labute approximate surface area is 142 Å². The van der Waals surface area contributed by atoms with Gasteiger partial charge in [-0.25, -0.2) is 0 Å². The largest absolute Gasteiger partial charge is 0.496 e. The van der Waals surface area contributed by atoms with E-state index in [0.29, 0.717) is 13.0 Å². The Hall–Kier alpha value is -2.33. The first-order valence-corrected chi connectivity index (χ1v) is 8.24. The topological polar surface area (TPSA) is 49.8 Å². The fourth-order valence-electron chi connectivity index (χ4n) is 3.51. The van der Waals surface area contributed by atoms with Gasteiger partial charge < -0.3 is 9.84 Å². The molecular weight excluding hydrogens is 302 g/mol. The Morgan fingerprint density at radius 3 is 2.62 bits per heavy atom. The quantitative estimate of drug-likeness (QED) is 0.918. The summed E-state index contributed by atoms with van der Waals surface area (Å²) >= 11 is 0. The Bertz CT molecular complexity index is 727. The number of carbonyl (C=O) groups is 1. The van der Waals surface area contributed by atoms with Crippen LogP contribution in [0.15, 0.2) is 42.5 Å². The zero-order chi connectivity index (χ0) is 17.1. The highest BCUT2D eigenvalue weighted by atomic mass is 16.5. The molecule has 24 heavy (non-hydrogen) atoms. The summed E-state index contributed by atoms with van der Waals surface area (Å²) in [5, 5.41) is 9.49. The van der Waals surface area contributed by atoms with Gasteiger partial charge in [0.1, 0.15) is 11.8 Å². The summed E-state index contributed by atoms with van der Waals surface area (Å²) in [6.07, 6.45) is 2.30. The molecular formula is C20H23NO3. The highest BCUT2D eigenvalue weighted by molar-refractivity contribution is 5.74. The zero-order valence-electron chi connectivity index (χ0n) is 14.2. The number of nitrogens with zero attached hydrogens (tertiary/aromatic N) is 1. The molecule has 1 heterocycles. The molecule has 126 valence electrons. The van der Waals surface area contributed by atoms with Crippen molar-refractivity contribution in [3.63, 3.8) is 0 Å². The van der Waals surface area contributed by atoms with Gasteiger partial charge in [0.05, 0.1) is 7.11 Å². The number of benzene rings is 2. The van der Waals surface area contributed by atoms with Crippen molar-refractivity contribution in [2.24, 2.45) is 0 Å². The fraction of sp³-hybridized carbons (Fsp3) is 0.350. The maximum atomic E-state index is 11.5. The Kier molecular flexibility index (Phi) is 4.86. The van der Waals surface area contributed by atoms with Crippen LogP contribution >= 0.6 is 0 Å². The van der Waals surface area contributed by atoms with Crippen LogP contribution in [-0.2, 0) is 30.6 Å². The molecule has 1 N–H and O–H groups in total. The molecule has 1 atom stereocenters. The third kappa shape index (κ3) is 3.29. The second-order valence-corrected chi connectivity index (χ2v) is 6.34. The molecule has 4 heteroatoms. The standard InChI is InChI=1S/C20H23NO3/c1-21-13-15-9-11-19(24-2)16(17(15)12-18(21)20(22)23)10-8-14-6-4-3-5-7-14/h3-7,9,11,18H,8,10,12-13H2,1-2H3,(H,22,23). The van der Waals surface area contributed by atoms with E-state index in [-0.39, 0.29) is 0 Å². The van der Waals surface area contributed by atoms with Crippen molar-refractivity contribution in [3.05, 3.63) is 64.7 Å². The van der Waals surface area contributed by atoms with Crippen molar-refractivity contribution < 1.29 is 14.6 Å². The average Bonchev–Trinajstić information content (AvgIpc) is 2.59. The lowest BCUT2D eigenvalue weighted by molar-refractivity contribution is -0.143. The molecule has 0 saturated carbocycles. The molecule has 2 aromatic rings. The summed E-state index contributed by atoms with van der Waals surface area (Å²) in [5.41, 5.74) is 4.78. The number of carboxylic acid groups (broad SMARTS) is 1. The van der Waals surface area contributed by atoms with Crippen LogP contribution in [0.25, 0.3) is 0 Å². The third-order valence-electron chi connectivity index (χ3n) is 4.85. The van der Waals surface area contributed by atoms with E-state index in [1.54, 1.807) is 7.11 Å². The van der Waals surface area contributed by atoms with Crippen LogP contribution < -0.4 is 4.74 Å². The van der Waals surface area contributed by atoms with E-state index in [0.717, 1.165) is 29.7 Å². The second-order valence-electron chi connectivity index (χ2n) is 6.34. The van der Waals surface area contributed by atoms with E-state index >= 15 is 0 Å². The molecule has 0 amide bonds. The third-order valence-corrected chi connectivity index (χ3v) is 4.85. The minimum atomic E-state index is -0.764. The van der Waals surface area contributed by atoms with Gasteiger partial charge in [-0.15, -0.1) is 0 Å². The van der Waals surface area contributed by atoms with Crippen LogP contribution in [0.1, 0.15) is 22.3 Å². The molecule has 0 saturated heterocycles. The van der Waals surface area contributed by atoms with Crippen LogP contribution in [0.4, 0.5) is 0 Å². The molecule has 1 aliphatic heterocycles. The van der Waals surface area contributed by atoms with Crippen molar-refractivity contribution >= 4 is 5.97 Å². The summed E-state index contributed by atoms with van der Waals surface area (Å²) in [5.74, 6) is 0.0957. The number of rotatable bonds is 5. The number of fused-ring (bicyclic) bond motifs is 1. The molecule has 4 nitrogen and oxygen atoms in total. The van der Waals surface area contributed by atoms with E-state index < -0.39 is 12.0 Å². The maximum Gasteiger partial charge on any atom is 0.321 e. The molecule has 0 aromatic heterocycles. The van der Waals surface area contributed by atoms with Crippen molar-refractivity contribution in [3.8, 4) is 5.75 Å². The van der Waals surface area contributed by atoms with Crippen LogP contribution in [0.2, 0.25) is 0 Å². The number of aliphatic carboxylic acids is 1. The first kappa shape index (κ1) is 16.5. The van der Waals surface area contributed by atoms with Crippen molar-refractivity contribution in [2.45, 2.75) is 31.8 Å². The number of carboxylic acids is 1. The molecule has 0 fully saturated rings. The highest BCUT2D eigenvalue weighted by Crippen LogP contribution is 2.32. The van der Waals surface area contributed by atoms with Gasteiger partial charge in [-0.3, -0.25) is 9.69 Å². The molecule has 1 unspecified atom stereocenters. The zero-order valence-corrected chi connectivity index (χ0v) is 14.2. The van der Waals surface area contributed by atoms with Gasteiger partial charge in [0.25, 0.3) is 0 Å². The van der Waals surface area contributed by atoms with Gasteiger partial charge in [0.15, 0.2) is 0 Å². The summed E-state index contributed by atoms with van der Waals surface area (Å²) in [6, 6.07) is 13.9. The number of methoxy groups -OCH3 is 1. The van der Waals surface area contributed by atoms with E-state index in [1.807, 2.05) is 36.2 Å². The fourth-order valence-corrected chi connectivity index (χ4v) is 3.51. The van der Waals surface area contributed by atoms with E-state index in [4.69, 9.17) is 4.74 Å². The Morgan fingerprint density at radius 1 is 1.21 bits per heavy atom. The van der Waals surface area contributed by atoms with E-state index in [2.05, 4.69) is 18.2 Å². The van der Waals surface area contributed by atoms with Gasteiger partial charge in [0.2, 0.25) is 0 Å². The lowest BCUT2D eigenvalue weighted by atomic mass is 9.87. The normalized spacial score (nSPS) is 17.3. The predicted molar refractivity (Wildman–Crippen MR) is 93.4 cm³/mol. The minimum Gasteiger partial charge on any atom is -0.496 e. The summed E-state index contributed by atoms with van der Waals surface area (Å²) in [4.78, 5) is 13.4. The SMILES string of the molecule is COc1ccc2c(c1CCc1ccccc1)CC(C(=O)O)N(C)C2. The minimum absolute atomic E-state index is 0.472. The molecule has 0 radical (unpaired) electrons. The lowest BCUT2D eigenvalue weighted by Gasteiger charge is -2.33. The van der Waals surface area contributed by atoms with Crippen molar-refractivity contribution in [1.82, 2.24) is 4.90 Å². The number of hydrogen-bond donors (Lipinski definition) is 1. The van der Waals surface area contributed by atoms with Gasteiger partial charge in [-0.2, -0.15) is 0 Å². The Morgan fingerprint density at radius 2 is 1.96 bits per heavy atom. The monoisotopic (exact) mass is 325 g/mol. The van der Waals surface area contributed by atoms with Gasteiger partial charge in [0, 0.05) is 6.54 Å². The van der Waals surface area contributed by atoms with Crippen molar-refractivity contribution in [2.75, 3.05) is 14.2 Å². The van der Waals surface area contributed by atoms with Crippen LogP contribution in [0.3, 0.4) is 0 Å². The number of likely N-dealkylation sites (N-methyl/N-ethyl adjacent to an activating group) is 1. The first-order chi connectivity index (χ1) is 11.6. The molecule has 2 aromatic carbocycles.